The standard InChI is InChI=1S/C11H23N5O2/c1-3-4-9(10(12)14-18)15-5-7-16(8-6-15)11(17)13-2/h9,18H,3-8H2,1-2H3,(H2,12,14)(H,13,17). The van der Waals surface area contributed by atoms with Crippen LogP contribution in [-0.4, -0.2) is 66.1 Å². The normalized spacial score (nSPS) is 19.7. The average molecular weight is 257 g/mol. The summed E-state index contributed by atoms with van der Waals surface area (Å²) in [5, 5.41) is 14.5. The fourth-order valence-electron chi connectivity index (χ4n) is 2.25. The number of amides is 2. The second-order valence-corrected chi connectivity index (χ2v) is 4.41. The first-order valence-corrected chi connectivity index (χ1v) is 6.32. The molecule has 1 rings (SSSR count). The molecule has 1 unspecified atom stereocenters. The van der Waals surface area contributed by atoms with Crippen LogP contribution in [0.2, 0.25) is 0 Å². The second kappa shape index (κ2) is 7.05. The summed E-state index contributed by atoms with van der Waals surface area (Å²) < 4.78 is 0. The Morgan fingerprint density at radius 3 is 2.50 bits per heavy atom. The maximum absolute atomic E-state index is 11.5. The van der Waals surface area contributed by atoms with E-state index >= 15 is 0 Å². The molecule has 1 atom stereocenters. The highest BCUT2D eigenvalue weighted by molar-refractivity contribution is 5.85. The molecule has 1 saturated heterocycles. The van der Waals surface area contributed by atoms with Crippen molar-refractivity contribution in [2.24, 2.45) is 10.9 Å². The molecule has 1 aliphatic heterocycles. The van der Waals surface area contributed by atoms with Gasteiger partial charge in [0, 0.05) is 33.2 Å². The van der Waals surface area contributed by atoms with Gasteiger partial charge in [0.05, 0.1) is 6.04 Å². The molecule has 0 saturated carbocycles. The second-order valence-electron chi connectivity index (χ2n) is 4.41. The Labute approximate surface area is 108 Å². The first-order valence-electron chi connectivity index (χ1n) is 6.32. The topological polar surface area (TPSA) is 94.2 Å². The van der Waals surface area contributed by atoms with Gasteiger partial charge in [-0.15, -0.1) is 0 Å². The number of carbonyl (C=O) groups is 1. The lowest BCUT2D eigenvalue weighted by Gasteiger charge is -2.38. The Morgan fingerprint density at radius 1 is 1.44 bits per heavy atom. The van der Waals surface area contributed by atoms with Crippen molar-refractivity contribution in [3.8, 4) is 0 Å². The van der Waals surface area contributed by atoms with E-state index in [2.05, 4.69) is 22.3 Å². The van der Waals surface area contributed by atoms with Crippen molar-refractivity contribution in [2.45, 2.75) is 25.8 Å². The van der Waals surface area contributed by atoms with E-state index in [0.717, 1.165) is 25.9 Å². The number of nitrogens with one attached hydrogen (secondary N) is 1. The number of nitrogens with zero attached hydrogens (tertiary/aromatic N) is 3. The van der Waals surface area contributed by atoms with Crippen LogP contribution in [0.5, 0.6) is 0 Å². The predicted octanol–water partition coefficient (Wildman–Crippen LogP) is -0.141. The lowest BCUT2D eigenvalue weighted by Crippen LogP contribution is -2.56. The number of carbonyl (C=O) groups excluding carboxylic acids is 1. The molecule has 1 fully saturated rings. The number of amidine groups is 1. The molecule has 2 amide bonds. The van der Waals surface area contributed by atoms with Gasteiger partial charge in [0.25, 0.3) is 0 Å². The van der Waals surface area contributed by atoms with Crippen molar-refractivity contribution in [1.82, 2.24) is 15.1 Å². The van der Waals surface area contributed by atoms with Crippen LogP contribution < -0.4 is 11.1 Å². The van der Waals surface area contributed by atoms with Gasteiger partial charge in [-0.1, -0.05) is 18.5 Å². The highest BCUT2D eigenvalue weighted by Gasteiger charge is 2.27. The Kier molecular flexibility index (Phi) is 5.70. The highest BCUT2D eigenvalue weighted by atomic mass is 16.4. The Morgan fingerprint density at radius 2 is 2.06 bits per heavy atom. The van der Waals surface area contributed by atoms with E-state index in [9.17, 15) is 4.79 Å². The van der Waals surface area contributed by atoms with Crippen molar-refractivity contribution in [3.05, 3.63) is 0 Å². The molecule has 1 heterocycles. The van der Waals surface area contributed by atoms with Gasteiger partial charge in [-0.2, -0.15) is 0 Å². The number of piperazine rings is 1. The van der Waals surface area contributed by atoms with Gasteiger partial charge in [0.1, 0.15) is 0 Å². The third-order valence-electron chi connectivity index (χ3n) is 3.28. The quantitative estimate of drug-likeness (QED) is 0.283. The van der Waals surface area contributed by atoms with Gasteiger partial charge in [-0.25, -0.2) is 4.79 Å². The zero-order chi connectivity index (χ0) is 13.5. The number of hydrogen-bond donors (Lipinski definition) is 3. The highest BCUT2D eigenvalue weighted by Crippen LogP contribution is 2.11. The maximum atomic E-state index is 11.5. The van der Waals surface area contributed by atoms with Gasteiger partial charge in [-0.05, 0) is 6.42 Å². The molecule has 7 heteroatoms. The predicted molar refractivity (Wildman–Crippen MR) is 69.7 cm³/mol. The zero-order valence-electron chi connectivity index (χ0n) is 11.1. The fraction of sp³-hybridized carbons (Fsp3) is 0.818. The summed E-state index contributed by atoms with van der Waals surface area (Å²) in [4.78, 5) is 15.4. The molecule has 104 valence electrons. The van der Waals surface area contributed by atoms with E-state index in [-0.39, 0.29) is 17.9 Å². The lowest BCUT2D eigenvalue weighted by molar-refractivity contribution is 0.124. The first kappa shape index (κ1) is 14.6. The molecule has 0 aliphatic carbocycles. The largest absolute Gasteiger partial charge is 0.409 e. The monoisotopic (exact) mass is 257 g/mol. The number of nitrogens with two attached hydrogens (primary N) is 1. The number of urea groups is 1. The summed E-state index contributed by atoms with van der Waals surface area (Å²) in [6.07, 6.45) is 1.83. The van der Waals surface area contributed by atoms with Crippen LogP contribution in [0.3, 0.4) is 0 Å². The average Bonchev–Trinajstić information content (AvgIpc) is 2.43. The van der Waals surface area contributed by atoms with Gasteiger partial charge in [-0.3, -0.25) is 4.90 Å². The van der Waals surface area contributed by atoms with Gasteiger partial charge in [0.2, 0.25) is 0 Å². The molecule has 0 aromatic rings. The molecular weight excluding hydrogens is 234 g/mol. The van der Waals surface area contributed by atoms with Crippen LogP contribution in [0.15, 0.2) is 5.16 Å². The molecule has 18 heavy (non-hydrogen) atoms. The number of oxime groups is 1. The number of hydrogen-bond acceptors (Lipinski definition) is 4. The Bertz CT molecular complexity index is 300. The van der Waals surface area contributed by atoms with Crippen LogP contribution in [-0.2, 0) is 0 Å². The molecule has 1 aliphatic rings. The third kappa shape index (κ3) is 3.49. The minimum Gasteiger partial charge on any atom is -0.409 e. The third-order valence-corrected chi connectivity index (χ3v) is 3.28. The fourth-order valence-corrected chi connectivity index (χ4v) is 2.25. The summed E-state index contributed by atoms with van der Waals surface area (Å²) in [7, 11) is 1.63. The van der Waals surface area contributed by atoms with Gasteiger partial charge < -0.3 is 21.2 Å². The minimum absolute atomic E-state index is 0.0353. The van der Waals surface area contributed by atoms with Crippen molar-refractivity contribution in [2.75, 3.05) is 33.2 Å². The van der Waals surface area contributed by atoms with Crippen molar-refractivity contribution in [3.63, 3.8) is 0 Å². The molecule has 4 N–H and O–H groups in total. The van der Waals surface area contributed by atoms with Crippen molar-refractivity contribution < 1.29 is 10.0 Å². The first-order chi connectivity index (χ1) is 8.63. The summed E-state index contributed by atoms with van der Waals surface area (Å²) in [6.45, 7) is 4.89. The lowest BCUT2D eigenvalue weighted by atomic mass is 10.1. The van der Waals surface area contributed by atoms with Crippen LogP contribution in [0.4, 0.5) is 4.79 Å². The minimum atomic E-state index is -0.0505. The molecule has 0 bridgehead atoms. The summed E-state index contributed by atoms with van der Waals surface area (Å²) in [5.74, 6) is 0.255. The van der Waals surface area contributed by atoms with E-state index < -0.39 is 0 Å². The molecular formula is C11H23N5O2. The van der Waals surface area contributed by atoms with Gasteiger partial charge >= 0.3 is 6.03 Å². The molecule has 0 aromatic heterocycles. The van der Waals surface area contributed by atoms with E-state index in [1.54, 1.807) is 11.9 Å². The van der Waals surface area contributed by atoms with Crippen LogP contribution in [0.25, 0.3) is 0 Å². The summed E-state index contributed by atoms with van der Waals surface area (Å²) >= 11 is 0. The molecule has 0 spiro atoms. The zero-order valence-corrected chi connectivity index (χ0v) is 11.1. The van der Waals surface area contributed by atoms with Gasteiger partial charge in [0.15, 0.2) is 5.84 Å². The van der Waals surface area contributed by atoms with Crippen LogP contribution in [0, 0.1) is 0 Å². The van der Waals surface area contributed by atoms with E-state index in [1.165, 1.54) is 0 Å². The molecule has 7 nitrogen and oxygen atoms in total. The maximum Gasteiger partial charge on any atom is 0.317 e. The molecule has 0 radical (unpaired) electrons. The Balaban J connectivity index is 2.56. The van der Waals surface area contributed by atoms with E-state index in [4.69, 9.17) is 10.9 Å². The smallest absolute Gasteiger partial charge is 0.317 e. The summed E-state index contributed by atoms with van der Waals surface area (Å²) in [6, 6.07) is -0.0858. The number of rotatable bonds is 4. The van der Waals surface area contributed by atoms with Crippen LogP contribution in [0.1, 0.15) is 19.8 Å². The van der Waals surface area contributed by atoms with E-state index in [1.807, 2.05) is 0 Å². The van der Waals surface area contributed by atoms with Crippen molar-refractivity contribution >= 4 is 11.9 Å². The molecule has 0 aromatic carbocycles. The SMILES string of the molecule is CCCC(C(N)=NO)N1CCN(C(=O)NC)CC1. The summed E-state index contributed by atoms with van der Waals surface area (Å²) in [5.41, 5.74) is 5.72. The van der Waals surface area contributed by atoms with E-state index in [0.29, 0.717) is 13.1 Å². The van der Waals surface area contributed by atoms with Crippen LogP contribution >= 0.6 is 0 Å². The Hall–Kier alpha value is -1.50. The van der Waals surface area contributed by atoms with Crippen molar-refractivity contribution in [1.29, 1.82) is 0 Å².